The Kier molecular flexibility index (Phi) is 4.82. The molecule has 2 rings (SSSR count). The quantitative estimate of drug-likeness (QED) is 0.830. The molecule has 0 saturated carbocycles. The number of carbonyl (C=O) groups excluding carboxylic acids is 1. The summed E-state index contributed by atoms with van der Waals surface area (Å²) >= 11 is 0. The zero-order valence-corrected chi connectivity index (χ0v) is 12.3. The molecule has 0 aliphatic rings. The molecule has 110 valence electrons. The van der Waals surface area contributed by atoms with Gasteiger partial charge >= 0.3 is 0 Å². The summed E-state index contributed by atoms with van der Waals surface area (Å²) in [5, 5.41) is 2.89. The monoisotopic (exact) mass is 284 g/mol. The largest absolute Gasteiger partial charge is 0.491 e. The minimum atomic E-state index is -0.130. The van der Waals surface area contributed by atoms with E-state index in [1.165, 1.54) is 5.56 Å². The minimum Gasteiger partial charge on any atom is -0.491 e. The summed E-state index contributed by atoms with van der Waals surface area (Å²) in [6.07, 6.45) is 0. The summed E-state index contributed by atoms with van der Waals surface area (Å²) in [6, 6.07) is 14.6. The molecule has 0 saturated heterocycles. The zero-order valence-electron chi connectivity index (χ0n) is 12.3. The standard InChI is InChI=1S/C17H20N2O2/c1-12-3-9-16(10-4-12)21-11-13(2)19-17(20)14-5-7-15(18)8-6-14/h3-10,13H,11,18H2,1-2H3,(H,19,20). The van der Waals surface area contributed by atoms with E-state index in [0.717, 1.165) is 5.75 Å². The lowest BCUT2D eigenvalue weighted by Gasteiger charge is -2.15. The van der Waals surface area contributed by atoms with E-state index in [-0.39, 0.29) is 11.9 Å². The van der Waals surface area contributed by atoms with Crippen molar-refractivity contribution in [3.8, 4) is 5.75 Å². The van der Waals surface area contributed by atoms with Crippen LogP contribution in [0.5, 0.6) is 5.75 Å². The second-order valence-electron chi connectivity index (χ2n) is 5.12. The molecule has 0 aliphatic carbocycles. The predicted octanol–water partition coefficient (Wildman–Crippen LogP) is 2.77. The maximum Gasteiger partial charge on any atom is 0.251 e. The fraction of sp³-hybridized carbons (Fsp3) is 0.235. The van der Waals surface area contributed by atoms with Crippen molar-refractivity contribution in [1.82, 2.24) is 5.32 Å². The Morgan fingerprint density at radius 3 is 2.38 bits per heavy atom. The van der Waals surface area contributed by atoms with Crippen LogP contribution < -0.4 is 15.8 Å². The lowest BCUT2D eigenvalue weighted by Crippen LogP contribution is -2.36. The van der Waals surface area contributed by atoms with E-state index in [9.17, 15) is 4.79 Å². The summed E-state index contributed by atoms with van der Waals surface area (Å²) in [5.74, 6) is 0.671. The van der Waals surface area contributed by atoms with E-state index in [0.29, 0.717) is 17.9 Å². The molecule has 1 atom stereocenters. The van der Waals surface area contributed by atoms with Crippen LogP contribution in [0.1, 0.15) is 22.8 Å². The van der Waals surface area contributed by atoms with Gasteiger partial charge in [0.2, 0.25) is 0 Å². The molecule has 3 N–H and O–H groups in total. The second-order valence-corrected chi connectivity index (χ2v) is 5.12. The van der Waals surface area contributed by atoms with Crippen LogP contribution >= 0.6 is 0 Å². The number of nitrogens with one attached hydrogen (secondary N) is 1. The van der Waals surface area contributed by atoms with Crippen LogP contribution in [0.15, 0.2) is 48.5 Å². The van der Waals surface area contributed by atoms with Gasteiger partial charge in [0.25, 0.3) is 5.91 Å². The van der Waals surface area contributed by atoms with Gasteiger partial charge in [-0.2, -0.15) is 0 Å². The number of carbonyl (C=O) groups is 1. The summed E-state index contributed by atoms with van der Waals surface area (Å²) in [5.41, 5.74) is 8.02. The van der Waals surface area contributed by atoms with Crippen LogP contribution in [-0.2, 0) is 0 Å². The first kappa shape index (κ1) is 14.9. The molecule has 0 bridgehead atoms. The SMILES string of the molecule is Cc1ccc(OCC(C)NC(=O)c2ccc(N)cc2)cc1. The van der Waals surface area contributed by atoms with Crippen molar-refractivity contribution in [3.63, 3.8) is 0 Å². The number of rotatable bonds is 5. The van der Waals surface area contributed by atoms with Gasteiger partial charge in [-0.1, -0.05) is 17.7 Å². The molecule has 2 aromatic rings. The van der Waals surface area contributed by atoms with Crippen molar-refractivity contribution < 1.29 is 9.53 Å². The van der Waals surface area contributed by atoms with Crippen molar-refractivity contribution in [2.24, 2.45) is 0 Å². The lowest BCUT2D eigenvalue weighted by molar-refractivity contribution is 0.0926. The molecule has 0 fully saturated rings. The number of ether oxygens (including phenoxy) is 1. The zero-order chi connectivity index (χ0) is 15.2. The van der Waals surface area contributed by atoms with Crippen molar-refractivity contribution in [2.45, 2.75) is 19.9 Å². The number of benzene rings is 2. The van der Waals surface area contributed by atoms with Gasteiger partial charge < -0.3 is 15.8 Å². The van der Waals surface area contributed by atoms with E-state index in [1.54, 1.807) is 24.3 Å². The van der Waals surface area contributed by atoms with Gasteiger partial charge in [0.15, 0.2) is 0 Å². The number of aryl methyl sites for hydroxylation is 1. The first-order valence-electron chi connectivity index (χ1n) is 6.90. The van der Waals surface area contributed by atoms with Gasteiger partial charge in [-0.25, -0.2) is 0 Å². The van der Waals surface area contributed by atoms with E-state index in [4.69, 9.17) is 10.5 Å². The molecule has 1 unspecified atom stereocenters. The first-order valence-corrected chi connectivity index (χ1v) is 6.90. The fourth-order valence-electron chi connectivity index (χ4n) is 1.84. The third kappa shape index (κ3) is 4.53. The Morgan fingerprint density at radius 2 is 1.76 bits per heavy atom. The molecule has 4 nitrogen and oxygen atoms in total. The third-order valence-corrected chi connectivity index (χ3v) is 3.07. The Morgan fingerprint density at radius 1 is 1.14 bits per heavy atom. The highest BCUT2D eigenvalue weighted by Gasteiger charge is 2.10. The van der Waals surface area contributed by atoms with Gasteiger partial charge in [-0.05, 0) is 50.2 Å². The fourth-order valence-corrected chi connectivity index (χ4v) is 1.84. The number of amides is 1. The summed E-state index contributed by atoms with van der Waals surface area (Å²) < 4.78 is 5.64. The Labute approximate surface area is 124 Å². The highest BCUT2D eigenvalue weighted by atomic mass is 16.5. The van der Waals surface area contributed by atoms with Crippen LogP contribution in [0.25, 0.3) is 0 Å². The van der Waals surface area contributed by atoms with Crippen LogP contribution in [0.3, 0.4) is 0 Å². The number of nitrogen functional groups attached to an aromatic ring is 1. The molecule has 0 spiro atoms. The molecule has 0 heterocycles. The summed E-state index contributed by atoms with van der Waals surface area (Å²) in [6.45, 7) is 4.35. The van der Waals surface area contributed by atoms with Crippen molar-refractivity contribution in [2.75, 3.05) is 12.3 Å². The lowest BCUT2D eigenvalue weighted by atomic mass is 10.2. The van der Waals surface area contributed by atoms with E-state index in [2.05, 4.69) is 5.32 Å². The topological polar surface area (TPSA) is 64.3 Å². The summed E-state index contributed by atoms with van der Waals surface area (Å²) in [4.78, 5) is 12.0. The van der Waals surface area contributed by atoms with Gasteiger partial charge in [0.1, 0.15) is 12.4 Å². The van der Waals surface area contributed by atoms with Crippen molar-refractivity contribution >= 4 is 11.6 Å². The van der Waals surface area contributed by atoms with Crippen LogP contribution in [-0.4, -0.2) is 18.6 Å². The normalized spacial score (nSPS) is 11.7. The molecule has 1 amide bonds. The van der Waals surface area contributed by atoms with Crippen molar-refractivity contribution in [3.05, 3.63) is 59.7 Å². The average molecular weight is 284 g/mol. The van der Waals surface area contributed by atoms with E-state index < -0.39 is 0 Å². The number of hydrogen-bond acceptors (Lipinski definition) is 3. The minimum absolute atomic E-state index is 0.0867. The van der Waals surface area contributed by atoms with Crippen LogP contribution in [0.2, 0.25) is 0 Å². The molecular formula is C17H20N2O2. The molecular weight excluding hydrogens is 264 g/mol. The van der Waals surface area contributed by atoms with Gasteiger partial charge in [-0.15, -0.1) is 0 Å². The highest BCUT2D eigenvalue weighted by Crippen LogP contribution is 2.11. The molecule has 0 aliphatic heterocycles. The molecule has 21 heavy (non-hydrogen) atoms. The second kappa shape index (κ2) is 6.79. The van der Waals surface area contributed by atoms with Gasteiger partial charge in [0.05, 0.1) is 6.04 Å². The number of anilines is 1. The summed E-state index contributed by atoms with van der Waals surface area (Å²) in [7, 11) is 0. The highest BCUT2D eigenvalue weighted by molar-refractivity contribution is 5.94. The number of hydrogen-bond donors (Lipinski definition) is 2. The first-order chi connectivity index (χ1) is 10.0. The Bertz CT molecular complexity index is 591. The predicted molar refractivity (Wildman–Crippen MR) is 84.5 cm³/mol. The maximum atomic E-state index is 12.0. The van der Waals surface area contributed by atoms with E-state index in [1.807, 2.05) is 38.1 Å². The molecule has 0 aromatic heterocycles. The molecule has 2 aromatic carbocycles. The van der Waals surface area contributed by atoms with Gasteiger partial charge in [0, 0.05) is 11.3 Å². The average Bonchev–Trinajstić information content (AvgIpc) is 2.47. The Hall–Kier alpha value is -2.49. The van der Waals surface area contributed by atoms with Crippen LogP contribution in [0, 0.1) is 6.92 Å². The molecule has 0 radical (unpaired) electrons. The van der Waals surface area contributed by atoms with Crippen LogP contribution in [0.4, 0.5) is 5.69 Å². The Balaban J connectivity index is 1.83. The number of nitrogens with two attached hydrogens (primary N) is 1. The smallest absolute Gasteiger partial charge is 0.251 e. The maximum absolute atomic E-state index is 12.0. The molecule has 4 heteroatoms. The third-order valence-electron chi connectivity index (χ3n) is 3.07. The van der Waals surface area contributed by atoms with Gasteiger partial charge in [-0.3, -0.25) is 4.79 Å². The van der Waals surface area contributed by atoms with E-state index >= 15 is 0 Å². The van der Waals surface area contributed by atoms with Crippen molar-refractivity contribution in [1.29, 1.82) is 0 Å².